The molecule has 214 valence electrons. The third-order valence-electron chi connectivity index (χ3n) is 9.23. The predicted octanol–water partition coefficient (Wildman–Crippen LogP) is 8.48. The van der Waals surface area contributed by atoms with Crippen molar-refractivity contribution in [2.45, 2.75) is 6.17 Å². The van der Waals surface area contributed by atoms with Crippen LogP contribution < -0.4 is 9.98 Å². The molecule has 1 unspecified atom stereocenters. The molecule has 8 aromatic rings. The molecule has 46 heavy (non-hydrogen) atoms. The van der Waals surface area contributed by atoms with Crippen LogP contribution in [0.3, 0.4) is 0 Å². The quantitative estimate of drug-likeness (QED) is 0.166. The van der Waals surface area contributed by atoms with E-state index in [4.69, 9.17) is 19.1 Å². The molecule has 1 atom stereocenters. The summed E-state index contributed by atoms with van der Waals surface area (Å²) in [6.07, 6.45) is 1.33. The Balaban J connectivity index is 1.20. The average molecular weight is 590 g/mol. The maximum absolute atomic E-state index is 6.16. The predicted molar refractivity (Wildman–Crippen MR) is 190 cm³/mol. The van der Waals surface area contributed by atoms with Crippen LogP contribution in [-0.2, 0) is 0 Å². The van der Waals surface area contributed by atoms with Gasteiger partial charge in [0.2, 0.25) is 11.6 Å². The molecule has 7 aromatic carbocycles. The molecule has 5 nitrogen and oxygen atoms in total. The molecule has 2 aliphatic heterocycles. The molecular formula is C41H25N4O+. The van der Waals surface area contributed by atoms with Crippen LogP contribution in [0.1, 0.15) is 28.6 Å². The number of rotatable bonds is 3. The van der Waals surface area contributed by atoms with Gasteiger partial charge < -0.3 is 9.73 Å². The lowest BCUT2D eigenvalue weighted by molar-refractivity contribution is 0.608. The second-order valence-electron chi connectivity index (χ2n) is 11.9. The lowest BCUT2D eigenvalue weighted by atomic mass is 9.93. The summed E-state index contributed by atoms with van der Waals surface area (Å²) in [7, 11) is 0. The first kappa shape index (κ1) is 25.1. The number of fused-ring (bicyclic) bond motifs is 9. The van der Waals surface area contributed by atoms with E-state index in [1.807, 2.05) is 18.2 Å². The van der Waals surface area contributed by atoms with Gasteiger partial charge in [0.15, 0.2) is 6.17 Å². The van der Waals surface area contributed by atoms with Gasteiger partial charge in [0.25, 0.3) is 0 Å². The minimum atomic E-state index is -0.466. The van der Waals surface area contributed by atoms with E-state index in [1.165, 1.54) is 26.9 Å². The number of aliphatic imine (C=N–C) groups is 2. The highest BCUT2D eigenvalue weighted by molar-refractivity contribution is 6.53. The fourth-order valence-electron chi connectivity index (χ4n) is 7.06. The molecule has 0 bridgehead atoms. The van der Waals surface area contributed by atoms with Gasteiger partial charge in [-0.05, 0) is 55.4 Å². The van der Waals surface area contributed by atoms with Crippen molar-refractivity contribution in [3.05, 3.63) is 156 Å². The number of nitrogens with one attached hydrogen (secondary N) is 1. The van der Waals surface area contributed by atoms with Crippen molar-refractivity contribution in [2.75, 3.05) is 0 Å². The monoisotopic (exact) mass is 589 g/mol. The highest BCUT2D eigenvalue weighted by Gasteiger charge is 2.38. The van der Waals surface area contributed by atoms with E-state index in [2.05, 4.69) is 121 Å². The third kappa shape index (κ3) is 3.73. The zero-order chi connectivity index (χ0) is 30.2. The molecule has 2 aliphatic rings. The summed E-state index contributed by atoms with van der Waals surface area (Å²) in [6, 6.07) is 46.9. The number of furan rings is 1. The lowest BCUT2D eigenvalue weighted by Gasteiger charge is -2.21. The summed E-state index contributed by atoms with van der Waals surface area (Å²) in [4.78, 5) is 10.5. The van der Waals surface area contributed by atoms with Gasteiger partial charge in [0.05, 0.1) is 0 Å². The Morgan fingerprint density at radius 2 is 1.28 bits per heavy atom. The zero-order valence-corrected chi connectivity index (χ0v) is 24.6. The molecule has 0 amide bonds. The number of benzene rings is 7. The van der Waals surface area contributed by atoms with Crippen LogP contribution >= 0.6 is 0 Å². The van der Waals surface area contributed by atoms with E-state index in [1.54, 1.807) is 6.21 Å². The molecule has 3 heterocycles. The Morgan fingerprint density at radius 1 is 0.565 bits per heavy atom. The number of hydrogen-bond acceptors (Lipinski definition) is 4. The van der Waals surface area contributed by atoms with E-state index < -0.39 is 6.17 Å². The summed E-state index contributed by atoms with van der Waals surface area (Å²) < 4.78 is 11.0. The molecule has 1 N–H and O–H groups in total. The van der Waals surface area contributed by atoms with Gasteiger partial charge in [-0.1, -0.05) is 126 Å². The largest absolute Gasteiger partial charge is 0.448 e. The molecule has 0 fully saturated rings. The van der Waals surface area contributed by atoms with Crippen LogP contribution in [0.4, 0.5) is 0 Å². The van der Waals surface area contributed by atoms with Crippen molar-refractivity contribution >= 4 is 77.7 Å². The summed E-state index contributed by atoms with van der Waals surface area (Å²) >= 11 is 0. The number of hydrogen-bond donors (Lipinski definition) is 1. The van der Waals surface area contributed by atoms with Gasteiger partial charge in [-0.3, -0.25) is 0 Å². The fourth-order valence-corrected chi connectivity index (χ4v) is 7.06. The summed E-state index contributed by atoms with van der Waals surface area (Å²) in [5, 5.41) is 14.2. The van der Waals surface area contributed by atoms with Crippen LogP contribution in [0.15, 0.2) is 148 Å². The maximum Gasteiger partial charge on any atom is 0.381 e. The zero-order valence-electron chi connectivity index (χ0n) is 24.6. The standard InChI is InChI=1S/C41H25N4O/c1-2-10-27-22-28(17-16-24(27)8-1)39-43-40(45-41(44-39)38-37-32-13-5-6-15-34(32)46-35(37)23-42-38)33-14-7-11-26-19-20-30-29-12-4-3-9-25(29)18-21-31(30)36(26)33/h1-23,39H,(H,43,44,45)/q+1. The Kier molecular flexibility index (Phi) is 5.24. The Bertz CT molecular complexity index is 2720. The van der Waals surface area contributed by atoms with Gasteiger partial charge >= 0.3 is 11.9 Å². The number of nitrogens with zero attached hydrogens (tertiary/aromatic N) is 3. The van der Waals surface area contributed by atoms with E-state index in [-0.39, 0.29) is 0 Å². The van der Waals surface area contributed by atoms with E-state index in [0.717, 1.165) is 61.1 Å². The molecule has 0 saturated heterocycles. The Hall–Kier alpha value is -6.29. The highest BCUT2D eigenvalue weighted by atomic mass is 16.3. The molecule has 0 spiro atoms. The molecular weight excluding hydrogens is 564 g/mol. The SMILES string of the molecule is C1=[N+]=C(C2=NC(c3ccc4ccccc4c3)N=C(c3cccc4ccc5c6ccccc6ccc5c34)N2)c2c1oc1ccccc21. The van der Waals surface area contributed by atoms with Crippen LogP contribution in [0.2, 0.25) is 0 Å². The Labute approximate surface area is 263 Å². The summed E-state index contributed by atoms with van der Waals surface area (Å²) in [5.74, 6) is 2.18. The molecule has 0 radical (unpaired) electrons. The third-order valence-corrected chi connectivity index (χ3v) is 9.23. The van der Waals surface area contributed by atoms with Crippen molar-refractivity contribution in [1.29, 1.82) is 0 Å². The average Bonchev–Trinajstić information content (AvgIpc) is 3.70. The van der Waals surface area contributed by atoms with Crippen LogP contribution in [0.5, 0.6) is 0 Å². The van der Waals surface area contributed by atoms with Crippen molar-refractivity contribution in [2.24, 2.45) is 9.98 Å². The summed E-state index contributed by atoms with van der Waals surface area (Å²) in [6.45, 7) is 0. The van der Waals surface area contributed by atoms with Gasteiger partial charge in [-0.25, -0.2) is 9.98 Å². The smallest absolute Gasteiger partial charge is 0.381 e. The Morgan fingerprint density at radius 3 is 2.22 bits per heavy atom. The molecule has 1 aromatic heterocycles. The first-order chi connectivity index (χ1) is 22.8. The van der Waals surface area contributed by atoms with Gasteiger partial charge in [-0.2, -0.15) is 0 Å². The van der Waals surface area contributed by atoms with Crippen molar-refractivity contribution in [3.8, 4) is 0 Å². The van der Waals surface area contributed by atoms with Crippen LogP contribution in [-0.4, -0.2) is 23.6 Å². The lowest BCUT2D eigenvalue weighted by Crippen LogP contribution is -2.41. The fraction of sp³-hybridized carbons (Fsp3) is 0.0244. The van der Waals surface area contributed by atoms with E-state index >= 15 is 0 Å². The minimum absolute atomic E-state index is 0.466. The molecule has 0 saturated carbocycles. The van der Waals surface area contributed by atoms with E-state index in [0.29, 0.717) is 5.84 Å². The second kappa shape index (κ2) is 9.60. The minimum Gasteiger partial charge on any atom is -0.448 e. The second-order valence-corrected chi connectivity index (χ2v) is 11.9. The van der Waals surface area contributed by atoms with Gasteiger partial charge in [-0.15, -0.1) is 0 Å². The van der Waals surface area contributed by atoms with Gasteiger partial charge in [0, 0.05) is 16.3 Å². The first-order valence-corrected chi connectivity index (χ1v) is 15.5. The topological polar surface area (TPSA) is 64.0 Å². The molecule has 0 aliphatic carbocycles. The van der Waals surface area contributed by atoms with Crippen molar-refractivity contribution in [1.82, 2.24) is 9.98 Å². The molecule has 10 rings (SSSR count). The van der Waals surface area contributed by atoms with Crippen LogP contribution in [0.25, 0.3) is 54.1 Å². The normalized spacial score (nSPS) is 15.7. The number of para-hydroxylation sites is 1. The van der Waals surface area contributed by atoms with Crippen molar-refractivity contribution < 1.29 is 4.42 Å². The highest BCUT2D eigenvalue weighted by Crippen LogP contribution is 2.35. The molecule has 5 heteroatoms. The first-order valence-electron chi connectivity index (χ1n) is 15.5. The maximum atomic E-state index is 6.16. The van der Waals surface area contributed by atoms with Crippen molar-refractivity contribution in [3.63, 3.8) is 0 Å². The summed E-state index contributed by atoms with van der Waals surface area (Å²) in [5.41, 5.74) is 4.59. The van der Waals surface area contributed by atoms with Gasteiger partial charge in [0.1, 0.15) is 17.0 Å². The number of amidine groups is 2. The van der Waals surface area contributed by atoms with E-state index in [9.17, 15) is 0 Å². The van der Waals surface area contributed by atoms with Crippen LogP contribution in [0, 0.1) is 0 Å².